The van der Waals surface area contributed by atoms with Crippen molar-refractivity contribution in [2.75, 3.05) is 7.05 Å². The van der Waals surface area contributed by atoms with Crippen LogP contribution >= 0.6 is 0 Å². The Bertz CT molecular complexity index is 345. The van der Waals surface area contributed by atoms with Gasteiger partial charge in [0.25, 0.3) is 0 Å². The van der Waals surface area contributed by atoms with Gasteiger partial charge in [0.05, 0.1) is 0 Å². The first-order chi connectivity index (χ1) is 7.79. The molecule has 0 N–H and O–H groups in total. The predicted molar refractivity (Wildman–Crippen MR) is 64.0 cm³/mol. The van der Waals surface area contributed by atoms with Crippen LogP contribution in [0.1, 0.15) is 51.4 Å². The first-order valence-electron chi connectivity index (χ1n) is 6.78. The summed E-state index contributed by atoms with van der Waals surface area (Å²) in [7, 11) is 2.22. The van der Waals surface area contributed by atoms with Crippen molar-refractivity contribution in [3.63, 3.8) is 0 Å². The third-order valence-corrected chi connectivity index (χ3v) is 4.73. The Labute approximate surface area is 97.7 Å². The van der Waals surface area contributed by atoms with E-state index in [0.29, 0.717) is 17.7 Å². The molecule has 1 fully saturated rings. The molecule has 0 aromatic rings. The van der Waals surface area contributed by atoms with Gasteiger partial charge < -0.3 is 4.90 Å². The molecule has 88 valence electrons. The van der Waals surface area contributed by atoms with Crippen LogP contribution in [0.25, 0.3) is 0 Å². The maximum atomic E-state index is 12.5. The molecule has 2 heteroatoms. The zero-order valence-corrected chi connectivity index (χ0v) is 10.2. The predicted octanol–water partition coefficient (Wildman–Crippen LogP) is 2.89. The summed E-state index contributed by atoms with van der Waals surface area (Å²) in [6, 6.07) is 0.526. The van der Waals surface area contributed by atoms with Crippen molar-refractivity contribution in [3.8, 4) is 0 Å². The van der Waals surface area contributed by atoms with Crippen LogP contribution in [-0.4, -0.2) is 23.8 Å². The van der Waals surface area contributed by atoms with Crippen molar-refractivity contribution < 1.29 is 4.79 Å². The van der Waals surface area contributed by atoms with Crippen molar-refractivity contribution in [1.29, 1.82) is 0 Å². The number of carbonyl (C=O) groups excluding carboxylic acids is 1. The molecule has 1 heterocycles. The first kappa shape index (κ1) is 10.4. The number of rotatable bonds is 0. The second kappa shape index (κ2) is 3.90. The molecule has 0 bridgehead atoms. The summed E-state index contributed by atoms with van der Waals surface area (Å²) in [5, 5.41) is 0. The van der Waals surface area contributed by atoms with Gasteiger partial charge in [-0.05, 0) is 38.5 Å². The van der Waals surface area contributed by atoms with Crippen LogP contribution in [0.15, 0.2) is 11.3 Å². The molecule has 0 amide bonds. The Kier molecular flexibility index (Phi) is 2.53. The minimum Gasteiger partial charge on any atom is -0.374 e. The number of hydrogen-bond acceptors (Lipinski definition) is 2. The van der Waals surface area contributed by atoms with E-state index in [1.807, 2.05) is 0 Å². The molecule has 0 radical (unpaired) electrons. The second-order valence-electron chi connectivity index (χ2n) is 5.57. The van der Waals surface area contributed by atoms with E-state index in [2.05, 4.69) is 11.9 Å². The summed E-state index contributed by atoms with van der Waals surface area (Å²) in [4.78, 5) is 14.9. The van der Waals surface area contributed by atoms with Gasteiger partial charge in [-0.25, -0.2) is 0 Å². The standard InChI is InChI=1S/C14H21NO/c1-15-12-8-4-2-6-10(12)14(16)11-7-3-5-9-13(11)15/h10,12H,2-9H2,1H3/t10-,12-/m1/s1. The molecule has 16 heavy (non-hydrogen) atoms. The Morgan fingerprint density at radius 2 is 1.81 bits per heavy atom. The number of ketones is 1. The van der Waals surface area contributed by atoms with Gasteiger partial charge in [-0.3, -0.25) is 4.79 Å². The normalized spacial score (nSPS) is 34.8. The molecule has 0 unspecified atom stereocenters. The SMILES string of the molecule is CN1C2=C(CCCC2)C(=O)[C@@H]2CCCC[C@H]21. The van der Waals surface area contributed by atoms with Gasteiger partial charge in [0.15, 0.2) is 5.78 Å². The fourth-order valence-electron chi connectivity index (χ4n) is 3.85. The highest BCUT2D eigenvalue weighted by atomic mass is 16.1. The molecular formula is C14H21NO. The van der Waals surface area contributed by atoms with Gasteiger partial charge in [-0.1, -0.05) is 12.8 Å². The fourth-order valence-corrected chi connectivity index (χ4v) is 3.85. The van der Waals surface area contributed by atoms with Crippen LogP contribution in [0.3, 0.4) is 0 Å². The van der Waals surface area contributed by atoms with E-state index in [1.54, 1.807) is 0 Å². The van der Waals surface area contributed by atoms with Crippen LogP contribution in [0.2, 0.25) is 0 Å². The third kappa shape index (κ3) is 1.42. The molecule has 2 nitrogen and oxygen atoms in total. The van der Waals surface area contributed by atoms with Gasteiger partial charge in [-0.15, -0.1) is 0 Å². The van der Waals surface area contributed by atoms with Crippen LogP contribution in [0, 0.1) is 5.92 Å². The van der Waals surface area contributed by atoms with Crippen molar-refractivity contribution in [1.82, 2.24) is 4.90 Å². The number of carbonyl (C=O) groups is 1. The summed E-state index contributed by atoms with van der Waals surface area (Å²) < 4.78 is 0. The molecule has 2 aliphatic carbocycles. The van der Waals surface area contributed by atoms with E-state index in [4.69, 9.17) is 0 Å². The zero-order chi connectivity index (χ0) is 11.1. The van der Waals surface area contributed by atoms with E-state index >= 15 is 0 Å². The molecule has 2 atom stereocenters. The van der Waals surface area contributed by atoms with Gasteiger partial charge in [0, 0.05) is 30.3 Å². The highest BCUT2D eigenvalue weighted by Gasteiger charge is 2.41. The van der Waals surface area contributed by atoms with Crippen LogP contribution in [-0.2, 0) is 4.79 Å². The molecule has 3 rings (SSSR count). The van der Waals surface area contributed by atoms with E-state index in [9.17, 15) is 4.79 Å². The van der Waals surface area contributed by atoms with E-state index in [1.165, 1.54) is 43.4 Å². The van der Waals surface area contributed by atoms with Crippen LogP contribution in [0.4, 0.5) is 0 Å². The second-order valence-corrected chi connectivity index (χ2v) is 5.57. The van der Waals surface area contributed by atoms with Gasteiger partial charge in [0.2, 0.25) is 0 Å². The van der Waals surface area contributed by atoms with Gasteiger partial charge in [0.1, 0.15) is 0 Å². The largest absolute Gasteiger partial charge is 0.374 e. The summed E-state index contributed by atoms with van der Waals surface area (Å²) in [6.07, 6.45) is 9.59. The van der Waals surface area contributed by atoms with Crippen molar-refractivity contribution in [2.45, 2.75) is 57.4 Å². The van der Waals surface area contributed by atoms with E-state index < -0.39 is 0 Å². The molecule has 3 aliphatic rings. The minimum atomic E-state index is 0.329. The Hall–Kier alpha value is -0.790. The van der Waals surface area contributed by atoms with E-state index in [0.717, 1.165) is 19.3 Å². The first-order valence-corrected chi connectivity index (χ1v) is 6.78. The highest BCUT2D eigenvalue weighted by Crippen LogP contribution is 2.41. The zero-order valence-electron chi connectivity index (χ0n) is 10.2. The van der Waals surface area contributed by atoms with E-state index in [-0.39, 0.29) is 0 Å². The lowest BCUT2D eigenvalue weighted by Gasteiger charge is -2.46. The van der Waals surface area contributed by atoms with Gasteiger partial charge >= 0.3 is 0 Å². The number of fused-ring (bicyclic) bond motifs is 1. The molecule has 1 aliphatic heterocycles. The maximum absolute atomic E-state index is 12.5. The number of Topliss-reactive ketones (excluding diaryl/α,β-unsaturated/α-hetero) is 1. The summed E-state index contributed by atoms with van der Waals surface area (Å²) >= 11 is 0. The minimum absolute atomic E-state index is 0.329. The molecule has 0 aromatic heterocycles. The number of hydrogen-bond donors (Lipinski definition) is 0. The van der Waals surface area contributed by atoms with Crippen LogP contribution in [0.5, 0.6) is 0 Å². The summed E-state index contributed by atoms with van der Waals surface area (Å²) in [5.74, 6) is 0.841. The van der Waals surface area contributed by atoms with Crippen molar-refractivity contribution >= 4 is 5.78 Å². The topological polar surface area (TPSA) is 20.3 Å². The molecule has 0 aromatic carbocycles. The lowest BCUT2D eigenvalue weighted by Crippen LogP contribution is -2.48. The molecular weight excluding hydrogens is 198 g/mol. The van der Waals surface area contributed by atoms with Gasteiger partial charge in [-0.2, -0.15) is 0 Å². The van der Waals surface area contributed by atoms with Crippen molar-refractivity contribution in [3.05, 3.63) is 11.3 Å². The summed E-state index contributed by atoms with van der Waals surface area (Å²) in [5.41, 5.74) is 2.58. The molecule has 0 saturated heterocycles. The Balaban J connectivity index is 1.98. The monoisotopic (exact) mass is 219 g/mol. The average Bonchev–Trinajstić information content (AvgIpc) is 2.36. The van der Waals surface area contributed by atoms with Crippen LogP contribution < -0.4 is 0 Å². The molecule has 0 spiro atoms. The number of nitrogens with zero attached hydrogens (tertiary/aromatic N) is 1. The third-order valence-electron chi connectivity index (χ3n) is 4.73. The lowest BCUT2D eigenvalue weighted by molar-refractivity contribution is -0.124. The quantitative estimate of drug-likeness (QED) is 0.624. The highest BCUT2D eigenvalue weighted by molar-refractivity contribution is 5.99. The Morgan fingerprint density at radius 3 is 2.69 bits per heavy atom. The van der Waals surface area contributed by atoms with Crippen molar-refractivity contribution in [2.24, 2.45) is 5.92 Å². The maximum Gasteiger partial charge on any atom is 0.165 e. The molecule has 1 saturated carbocycles. The smallest absolute Gasteiger partial charge is 0.165 e. The lowest BCUT2D eigenvalue weighted by atomic mass is 9.73. The average molecular weight is 219 g/mol. The Morgan fingerprint density at radius 1 is 1.06 bits per heavy atom. The summed E-state index contributed by atoms with van der Waals surface area (Å²) in [6.45, 7) is 0. The fraction of sp³-hybridized carbons (Fsp3) is 0.786. The number of allylic oxidation sites excluding steroid dienone is 2.